The van der Waals surface area contributed by atoms with Crippen LogP contribution in [0.15, 0.2) is 35.5 Å². The van der Waals surface area contributed by atoms with Crippen LogP contribution in [0.25, 0.3) is 0 Å². The van der Waals surface area contributed by atoms with Gasteiger partial charge in [-0.25, -0.2) is 0 Å². The summed E-state index contributed by atoms with van der Waals surface area (Å²) in [4.78, 5) is 0. The molecule has 23 heavy (non-hydrogen) atoms. The number of hydrogen-bond donors (Lipinski definition) is 2. The summed E-state index contributed by atoms with van der Waals surface area (Å²) in [5.74, 6) is 0.358. The Labute approximate surface area is 140 Å². The van der Waals surface area contributed by atoms with Crippen LogP contribution < -0.4 is 0 Å². The zero-order chi connectivity index (χ0) is 17.1. The molecule has 0 unspecified atom stereocenters. The third-order valence-corrected chi connectivity index (χ3v) is 5.53. The number of allylic oxidation sites excluding steroid dienone is 4. The van der Waals surface area contributed by atoms with Crippen molar-refractivity contribution in [3.8, 4) is 0 Å². The highest BCUT2D eigenvalue weighted by Gasteiger charge is 2.50. The van der Waals surface area contributed by atoms with Crippen LogP contribution >= 0.6 is 0 Å². The van der Waals surface area contributed by atoms with Gasteiger partial charge in [-0.15, -0.1) is 0 Å². The van der Waals surface area contributed by atoms with Crippen molar-refractivity contribution in [2.24, 2.45) is 5.92 Å². The maximum Gasteiger partial charge on any atom is 0.0925 e. The van der Waals surface area contributed by atoms with Gasteiger partial charge in [0.1, 0.15) is 0 Å². The van der Waals surface area contributed by atoms with E-state index >= 15 is 0 Å². The number of aliphatic hydroxyl groups is 2. The first-order valence-electron chi connectivity index (χ1n) is 8.84. The van der Waals surface area contributed by atoms with Crippen molar-refractivity contribution in [2.45, 2.75) is 77.1 Å². The summed E-state index contributed by atoms with van der Waals surface area (Å²) in [7, 11) is 0. The van der Waals surface area contributed by atoms with E-state index in [0.717, 1.165) is 24.8 Å². The van der Waals surface area contributed by atoms with Crippen molar-refractivity contribution in [3.63, 3.8) is 0 Å². The SMILES string of the molecule is CC1=C\C/C=C(/CO)CC[C@H](O)[C@]2(C)CC[C@](C(C)C)(/C=C\1)O2. The van der Waals surface area contributed by atoms with E-state index in [0.29, 0.717) is 18.8 Å². The smallest absolute Gasteiger partial charge is 0.0925 e. The number of hydrogen-bond acceptors (Lipinski definition) is 3. The van der Waals surface area contributed by atoms with Crippen LogP contribution in [0, 0.1) is 5.92 Å². The molecular formula is C20H32O3. The largest absolute Gasteiger partial charge is 0.392 e. The molecule has 0 aromatic heterocycles. The predicted octanol–water partition coefficient (Wildman–Crippen LogP) is 3.92. The van der Waals surface area contributed by atoms with Crippen LogP contribution in [0.1, 0.15) is 59.8 Å². The lowest BCUT2D eigenvalue weighted by Gasteiger charge is -2.37. The lowest BCUT2D eigenvalue weighted by atomic mass is 9.85. The predicted molar refractivity (Wildman–Crippen MR) is 94.2 cm³/mol. The van der Waals surface area contributed by atoms with E-state index in [4.69, 9.17) is 4.74 Å². The minimum Gasteiger partial charge on any atom is -0.392 e. The van der Waals surface area contributed by atoms with Crippen molar-refractivity contribution in [3.05, 3.63) is 35.5 Å². The number of rotatable bonds is 2. The molecule has 2 rings (SSSR count). The molecule has 2 bridgehead atoms. The van der Waals surface area contributed by atoms with E-state index in [9.17, 15) is 10.2 Å². The summed E-state index contributed by atoms with van der Waals surface area (Å²) in [5.41, 5.74) is 1.39. The lowest BCUT2D eigenvalue weighted by molar-refractivity contribution is -0.145. The zero-order valence-corrected chi connectivity index (χ0v) is 15.0. The van der Waals surface area contributed by atoms with Crippen LogP contribution in [0.3, 0.4) is 0 Å². The van der Waals surface area contributed by atoms with E-state index in [2.05, 4.69) is 45.1 Å². The second-order valence-electron chi connectivity index (χ2n) is 7.62. The standard InChI is InChI=1S/C20H32O3/c1-15(2)20-11-10-16(3)6-5-7-17(14-21)8-9-18(22)19(4,23-20)12-13-20/h6-7,10-11,15,18,21-22H,5,8-9,12-14H2,1-4H3/b11-10-,16-6+,17-7+/t18-,19-,20-/m0/s1. The molecule has 0 radical (unpaired) electrons. The molecular weight excluding hydrogens is 288 g/mol. The Morgan fingerprint density at radius 1 is 1.30 bits per heavy atom. The fourth-order valence-corrected chi connectivity index (χ4v) is 3.56. The third kappa shape index (κ3) is 4.14. The Morgan fingerprint density at radius 3 is 2.70 bits per heavy atom. The molecule has 1 fully saturated rings. The average molecular weight is 320 g/mol. The summed E-state index contributed by atoms with van der Waals surface area (Å²) in [6.07, 6.45) is 12.0. The van der Waals surface area contributed by atoms with Gasteiger partial charge < -0.3 is 14.9 Å². The van der Waals surface area contributed by atoms with E-state index in [1.54, 1.807) is 0 Å². The number of ether oxygens (including phenoxy) is 1. The topological polar surface area (TPSA) is 49.7 Å². The van der Waals surface area contributed by atoms with Crippen molar-refractivity contribution in [1.29, 1.82) is 0 Å². The van der Waals surface area contributed by atoms with Crippen LogP contribution in [0.4, 0.5) is 0 Å². The molecule has 0 aromatic carbocycles. The van der Waals surface area contributed by atoms with Crippen molar-refractivity contribution in [1.82, 2.24) is 0 Å². The van der Waals surface area contributed by atoms with Gasteiger partial charge in [-0.1, -0.05) is 43.7 Å². The Hall–Kier alpha value is -0.900. The maximum atomic E-state index is 10.7. The minimum atomic E-state index is -0.513. The molecule has 0 aliphatic carbocycles. The Morgan fingerprint density at radius 2 is 2.04 bits per heavy atom. The summed E-state index contributed by atoms with van der Waals surface area (Å²) in [6, 6.07) is 0. The molecule has 2 N–H and O–H groups in total. The first-order chi connectivity index (χ1) is 10.8. The van der Waals surface area contributed by atoms with E-state index < -0.39 is 11.7 Å². The molecule has 0 saturated carbocycles. The van der Waals surface area contributed by atoms with E-state index in [-0.39, 0.29) is 12.2 Å². The molecule has 2 aliphatic rings. The quantitative estimate of drug-likeness (QED) is 0.758. The third-order valence-electron chi connectivity index (χ3n) is 5.53. The fourth-order valence-electron chi connectivity index (χ4n) is 3.56. The van der Waals surface area contributed by atoms with Crippen molar-refractivity contribution in [2.75, 3.05) is 6.61 Å². The summed E-state index contributed by atoms with van der Waals surface area (Å²) in [5, 5.41) is 20.2. The van der Waals surface area contributed by atoms with Gasteiger partial charge >= 0.3 is 0 Å². The first kappa shape index (κ1) is 18.4. The lowest BCUT2D eigenvalue weighted by Crippen LogP contribution is -2.43. The molecule has 2 aliphatic heterocycles. The van der Waals surface area contributed by atoms with Crippen LogP contribution in [0.2, 0.25) is 0 Å². The van der Waals surface area contributed by atoms with Gasteiger partial charge in [0.25, 0.3) is 0 Å². The molecule has 130 valence electrons. The molecule has 3 heteroatoms. The van der Waals surface area contributed by atoms with Gasteiger partial charge in [0.05, 0.1) is 23.9 Å². The van der Waals surface area contributed by atoms with Gasteiger partial charge in [-0.2, -0.15) is 0 Å². The Bertz CT molecular complexity index is 503. The second kappa shape index (κ2) is 7.33. The van der Waals surface area contributed by atoms with Crippen molar-refractivity contribution >= 4 is 0 Å². The number of aliphatic hydroxyl groups excluding tert-OH is 2. The van der Waals surface area contributed by atoms with Gasteiger partial charge in [-0.05, 0) is 57.4 Å². The van der Waals surface area contributed by atoms with Crippen LogP contribution in [-0.4, -0.2) is 34.1 Å². The molecule has 0 aromatic rings. The fraction of sp³-hybridized carbons (Fsp3) is 0.700. The molecule has 0 spiro atoms. The second-order valence-corrected chi connectivity index (χ2v) is 7.62. The van der Waals surface area contributed by atoms with Gasteiger partial charge in [0.2, 0.25) is 0 Å². The van der Waals surface area contributed by atoms with Gasteiger partial charge in [0, 0.05) is 0 Å². The molecule has 3 nitrogen and oxygen atoms in total. The molecule has 2 heterocycles. The average Bonchev–Trinajstić information content (AvgIpc) is 2.88. The summed E-state index contributed by atoms with van der Waals surface area (Å²) in [6.45, 7) is 8.55. The normalized spacial score (nSPS) is 42.0. The Balaban J connectivity index is 2.35. The Kier molecular flexibility index (Phi) is 5.88. The highest BCUT2D eigenvalue weighted by atomic mass is 16.5. The monoisotopic (exact) mass is 320 g/mol. The van der Waals surface area contributed by atoms with Crippen LogP contribution in [-0.2, 0) is 4.74 Å². The van der Waals surface area contributed by atoms with Gasteiger partial charge in [0.15, 0.2) is 0 Å². The highest BCUT2D eigenvalue weighted by molar-refractivity contribution is 5.23. The summed E-state index contributed by atoms with van der Waals surface area (Å²) >= 11 is 0. The van der Waals surface area contributed by atoms with Crippen LogP contribution in [0.5, 0.6) is 0 Å². The number of fused-ring (bicyclic) bond motifs is 2. The van der Waals surface area contributed by atoms with Gasteiger partial charge in [-0.3, -0.25) is 0 Å². The van der Waals surface area contributed by atoms with E-state index in [1.165, 1.54) is 5.57 Å². The first-order valence-corrected chi connectivity index (χ1v) is 8.84. The molecule has 3 atom stereocenters. The minimum absolute atomic E-state index is 0.0585. The summed E-state index contributed by atoms with van der Waals surface area (Å²) < 4.78 is 6.50. The molecule has 1 saturated heterocycles. The molecule has 0 amide bonds. The highest BCUT2D eigenvalue weighted by Crippen LogP contribution is 2.46. The van der Waals surface area contributed by atoms with E-state index in [1.807, 2.05) is 6.92 Å². The maximum absolute atomic E-state index is 10.7. The zero-order valence-electron chi connectivity index (χ0n) is 15.0. The van der Waals surface area contributed by atoms with Crippen molar-refractivity contribution < 1.29 is 14.9 Å².